The van der Waals surface area contributed by atoms with Crippen molar-refractivity contribution in [3.63, 3.8) is 0 Å². The number of aliphatic hydroxyl groups excluding tert-OH is 1. The normalized spacial score (nSPS) is 10.5. The lowest BCUT2D eigenvalue weighted by Crippen LogP contribution is -2.38. The molecule has 0 aromatic carbocycles. The Morgan fingerprint density at radius 2 is 2.28 bits per heavy atom. The van der Waals surface area contributed by atoms with E-state index < -0.39 is 0 Å². The van der Waals surface area contributed by atoms with E-state index in [1.807, 2.05) is 13.8 Å². The van der Waals surface area contributed by atoms with Gasteiger partial charge in [-0.05, 0) is 20.3 Å². The minimum absolute atomic E-state index is 0.0281. The molecule has 0 spiro atoms. The van der Waals surface area contributed by atoms with E-state index in [0.717, 1.165) is 0 Å². The number of aliphatic hydroxyl groups is 1. The number of amides is 1. The average molecular weight is 253 g/mol. The summed E-state index contributed by atoms with van der Waals surface area (Å²) in [5.74, 6) is 5.34. The Kier molecular flexibility index (Phi) is 5.47. The van der Waals surface area contributed by atoms with Crippen molar-refractivity contribution in [3.05, 3.63) is 18.1 Å². The standard InChI is InChI=1S/C11H19N5O2/c1-8(2)16(4-3-5-17)11(18)9-6-13-7-10(14-9)15-12/h6-8,17H,3-5,12H2,1-2H3,(H,14,15). The Balaban J connectivity index is 2.87. The summed E-state index contributed by atoms with van der Waals surface area (Å²) in [5, 5.41) is 8.84. The molecule has 0 aliphatic carbocycles. The molecule has 0 unspecified atom stereocenters. The Morgan fingerprint density at radius 1 is 1.56 bits per heavy atom. The van der Waals surface area contributed by atoms with Crippen LogP contribution in [0.5, 0.6) is 0 Å². The topological polar surface area (TPSA) is 104 Å². The van der Waals surface area contributed by atoms with Crippen LogP contribution in [0.3, 0.4) is 0 Å². The third-order valence-corrected chi connectivity index (χ3v) is 2.44. The predicted molar refractivity (Wildman–Crippen MR) is 67.7 cm³/mol. The van der Waals surface area contributed by atoms with Crippen molar-refractivity contribution >= 4 is 11.7 Å². The van der Waals surface area contributed by atoms with Gasteiger partial charge in [0.05, 0.1) is 12.4 Å². The lowest BCUT2D eigenvalue weighted by molar-refractivity contribution is 0.0686. The van der Waals surface area contributed by atoms with Crippen LogP contribution in [0.15, 0.2) is 12.4 Å². The van der Waals surface area contributed by atoms with Gasteiger partial charge in [-0.15, -0.1) is 0 Å². The van der Waals surface area contributed by atoms with Gasteiger partial charge in [0.15, 0.2) is 5.82 Å². The second kappa shape index (κ2) is 6.87. The van der Waals surface area contributed by atoms with Crippen molar-refractivity contribution in [2.45, 2.75) is 26.3 Å². The second-order valence-electron chi connectivity index (χ2n) is 4.10. The molecule has 18 heavy (non-hydrogen) atoms. The first-order chi connectivity index (χ1) is 8.60. The van der Waals surface area contributed by atoms with Crippen molar-refractivity contribution < 1.29 is 9.90 Å². The van der Waals surface area contributed by atoms with E-state index >= 15 is 0 Å². The molecule has 1 amide bonds. The largest absolute Gasteiger partial charge is 0.396 e. The summed E-state index contributed by atoms with van der Waals surface area (Å²) < 4.78 is 0. The molecule has 7 heteroatoms. The zero-order chi connectivity index (χ0) is 13.5. The SMILES string of the molecule is CC(C)N(CCCO)C(=O)c1cncc(NN)n1. The molecule has 4 N–H and O–H groups in total. The number of carbonyl (C=O) groups excluding carboxylic acids is 1. The minimum Gasteiger partial charge on any atom is -0.396 e. The van der Waals surface area contributed by atoms with E-state index in [1.54, 1.807) is 4.90 Å². The fourth-order valence-electron chi connectivity index (χ4n) is 1.52. The van der Waals surface area contributed by atoms with E-state index in [0.29, 0.717) is 18.8 Å². The highest BCUT2D eigenvalue weighted by atomic mass is 16.3. The first-order valence-corrected chi connectivity index (χ1v) is 5.80. The Bertz CT molecular complexity index is 397. The number of hydrazine groups is 1. The Morgan fingerprint density at radius 3 is 2.83 bits per heavy atom. The van der Waals surface area contributed by atoms with Gasteiger partial charge in [-0.2, -0.15) is 0 Å². The summed E-state index contributed by atoms with van der Waals surface area (Å²) in [6.07, 6.45) is 3.37. The van der Waals surface area contributed by atoms with E-state index in [9.17, 15) is 4.79 Å². The highest BCUT2D eigenvalue weighted by molar-refractivity contribution is 5.92. The molecule has 1 heterocycles. The van der Waals surface area contributed by atoms with Crippen LogP contribution in [0, 0.1) is 0 Å². The molecule has 0 radical (unpaired) electrons. The van der Waals surface area contributed by atoms with Crippen LogP contribution in [0.4, 0.5) is 5.82 Å². The molecular formula is C11H19N5O2. The van der Waals surface area contributed by atoms with Gasteiger partial charge in [0, 0.05) is 19.2 Å². The molecule has 100 valence electrons. The molecule has 0 fully saturated rings. The van der Waals surface area contributed by atoms with Gasteiger partial charge >= 0.3 is 0 Å². The average Bonchev–Trinajstić information content (AvgIpc) is 2.38. The van der Waals surface area contributed by atoms with Crippen molar-refractivity contribution in [1.82, 2.24) is 14.9 Å². The quantitative estimate of drug-likeness (QED) is 0.487. The number of anilines is 1. The number of rotatable bonds is 6. The van der Waals surface area contributed by atoms with E-state index in [1.165, 1.54) is 12.4 Å². The number of nitrogen functional groups attached to an aromatic ring is 1. The van der Waals surface area contributed by atoms with Gasteiger partial charge in [-0.1, -0.05) is 0 Å². The first kappa shape index (κ1) is 14.3. The van der Waals surface area contributed by atoms with Crippen LogP contribution in [0.25, 0.3) is 0 Å². The molecule has 1 aromatic rings. The summed E-state index contributed by atoms with van der Waals surface area (Å²) in [4.78, 5) is 21.8. The summed E-state index contributed by atoms with van der Waals surface area (Å²) in [6, 6.07) is 0.0281. The monoisotopic (exact) mass is 253 g/mol. The number of nitrogens with zero attached hydrogens (tertiary/aromatic N) is 3. The summed E-state index contributed by atoms with van der Waals surface area (Å²) in [6.45, 7) is 4.35. The molecule has 0 bridgehead atoms. The fourth-order valence-corrected chi connectivity index (χ4v) is 1.52. The summed E-state index contributed by atoms with van der Waals surface area (Å²) >= 11 is 0. The van der Waals surface area contributed by atoms with Crippen molar-refractivity contribution in [1.29, 1.82) is 0 Å². The van der Waals surface area contributed by atoms with E-state index in [4.69, 9.17) is 10.9 Å². The summed E-state index contributed by atoms with van der Waals surface area (Å²) in [7, 11) is 0. The highest BCUT2D eigenvalue weighted by Crippen LogP contribution is 2.08. The van der Waals surface area contributed by atoms with Crippen molar-refractivity contribution in [2.24, 2.45) is 5.84 Å². The fraction of sp³-hybridized carbons (Fsp3) is 0.545. The molecule has 0 aliphatic heterocycles. The van der Waals surface area contributed by atoms with Crippen LogP contribution < -0.4 is 11.3 Å². The third kappa shape index (κ3) is 3.64. The number of nitrogens with two attached hydrogens (primary N) is 1. The number of nitrogens with one attached hydrogen (secondary N) is 1. The zero-order valence-corrected chi connectivity index (χ0v) is 10.6. The van der Waals surface area contributed by atoms with Crippen LogP contribution in [0.1, 0.15) is 30.8 Å². The second-order valence-corrected chi connectivity index (χ2v) is 4.10. The van der Waals surface area contributed by atoms with Gasteiger partial charge in [0.25, 0.3) is 5.91 Å². The number of hydrogen-bond donors (Lipinski definition) is 3. The molecule has 0 saturated carbocycles. The number of carbonyl (C=O) groups is 1. The van der Waals surface area contributed by atoms with E-state index in [-0.39, 0.29) is 24.2 Å². The van der Waals surface area contributed by atoms with Gasteiger partial charge in [-0.3, -0.25) is 9.78 Å². The Labute approximate surface area is 106 Å². The molecule has 0 atom stereocenters. The van der Waals surface area contributed by atoms with Gasteiger partial charge in [-0.25, -0.2) is 10.8 Å². The maximum Gasteiger partial charge on any atom is 0.274 e. The smallest absolute Gasteiger partial charge is 0.274 e. The highest BCUT2D eigenvalue weighted by Gasteiger charge is 2.20. The number of hydrogen-bond acceptors (Lipinski definition) is 6. The summed E-state index contributed by atoms with van der Waals surface area (Å²) in [5.41, 5.74) is 2.58. The molecule has 0 saturated heterocycles. The van der Waals surface area contributed by atoms with Gasteiger partial charge in [0.1, 0.15) is 5.69 Å². The Hall–Kier alpha value is -1.73. The predicted octanol–water partition coefficient (Wildman–Crippen LogP) is -0.00480. The van der Waals surface area contributed by atoms with Crippen LogP contribution in [-0.4, -0.2) is 45.1 Å². The lowest BCUT2D eigenvalue weighted by Gasteiger charge is -2.26. The van der Waals surface area contributed by atoms with Crippen molar-refractivity contribution in [2.75, 3.05) is 18.6 Å². The molecule has 1 aromatic heterocycles. The van der Waals surface area contributed by atoms with Gasteiger partial charge in [0.2, 0.25) is 0 Å². The lowest BCUT2D eigenvalue weighted by atomic mass is 10.2. The van der Waals surface area contributed by atoms with E-state index in [2.05, 4.69) is 15.4 Å². The third-order valence-electron chi connectivity index (χ3n) is 2.44. The van der Waals surface area contributed by atoms with Crippen molar-refractivity contribution in [3.8, 4) is 0 Å². The maximum atomic E-state index is 12.2. The van der Waals surface area contributed by atoms with Crippen LogP contribution >= 0.6 is 0 Å². The molecule has 1 rings (SSSR count). The zero-order valence-electron chi connectivity index (χ0n) is 10.6. The minimum atomic E-state index is -0.219. The molecule has 7 nitrogen and oxygen atoms in total. The first-order valence-electron chi connectivity index (χ1n) is 5.80. The van der Waals surface area contributed by atoms with Gasteiger partial charge < -0.3 is 15.4 Å². The van der Waals surface area contributed by atoms with Crippen LogP contribution in [0.2, 0.25) is 0 Å². The molecule has 0 aliphatic rings. The van der Waals surface area contributed by atoms with Crippen LogP contribution in [-0.2, 0) is 0 Å². The number of aromatic nitrogens is 2. The maximum absolute atomic E-state index is 12.2. The molecular weight excluding hydrogens is 234 g/mol.